The standard InChI is InChI=1S/C19H24N2O3S/c1-11-6-7-13(8-12(11)2)16(17(23)24)21-15(22)9-14-10-25-18(20-14)19(3,4)5/h6-8,10,16H,9H2,1-5H3,(H,21,22)(H,23,24). The number of benzene rings is 1. The van der Waals surface area contributed by atoms with Crippen LogP contribution in [0.1, 0.15) is 54.2 Å². The number of carboxylic acids is 1. The summed E-state index contributed by atoms with van der Waals surface area (Å²) in [5.41, 5.74) is 3.24. The molecule has 0 aliphatic rings. The number of rotatable bonds is 5. The van der Waals surface area contributed by atoms with E-state index in [-0.39, 0.29) is 17.7 Å². The van der Waals surface area contributed by atoms with Crippen LogP contribution >= 0.6 is 11.3 Å². The van der Waals surface area contributed by atoms with Gasteiger partial charge in [-0.2, -0.15) is 0 Å². The number of nitrogens with one attached hydrogen (secondary N) is 1. The van der Waals surface area contributed by atoms with Crippen molar-refractivity contribution >= 4 is 23.2 Å². The average Bonchev–Trinajstić information content (AvgIpc) is 2.96. The fourth-order valence-electron chi connectivity index (χ4n) is 2.34. The molecule has 0 radical (unpaired) electrons. The minimum Gasteiger partial charge on any atom is -0.479 e. The maximum absolute atomic E-state index is 12.3. The number of aryl methyl sites for hydroxylation is 2. The van der Waals surface area contributed by atoms with Crippen LogP contribution < -0.4 is 5.32 Å². The lowest BCUT2D eigenvalue weighted by Crippen LogP contribution is -2.34. The molecule has 0 saturated heterocycles. The number of aromatic nitrogens is 1. The van der Waals surface area contributed by atoms with Crippen molar-refractivity contribution in [1.29, 1.82) is 0 Å². The predicted molar refractivity (Wildman–Crippen MR) is 99.0 cm³/mol. The molecule has 2 N–H and O–H groups in total. The summed E-state index contributed by atoms with van der Waals surface area (Å²) in [6.45, 7) is 10.1. The van der Waals surface area contributed by atoms with Gasteiger partial charge >= 0.3 is 5.97 Å². The first kappa shape index (κ1) is 19.1. The Bertz CT molecular complexity index is 790. The Morgan fingerprint density at radius 2 is 1.92 bits per heavy atom. The fourth-order valence-corrected chi connectivity index (χ4v) is 3.25. The Morgan fingerprint density at radius 3 is 2.44 bits per heavy atom. The number of hydrogen-bond acceptors (Lipinski definition) is 4. The highest BCUT2D eigenvalue weighted by Gasteiger charge is 2.24. The van der Waals surface area contributed by atoms with Crippen molar-refractivity contribution in [3.63, 3.8) is 0 Å². The van der Waals surface area contributed by atoms with Crippen molar-refractivity contribution in [2.45, 2.75) is 52.5 Å². The molecule has 25 heavy (non-hydrogen) atoms. The zero-order valence-corrected chi connectivity index (χ0v) is 16.0. The van der Waals surface area contributed by atoms with Gasteiger partial charge in [0.05, 0.1) is 17.1 Å². The molecule has 1 atom stereocenters. The lowest BCUT2D eigenvalue weighted by molar-refractivity contribution is -0.142. The van der Waals surface area contributed by atoms with E-state index in [1.165, 1.54) is 11.3 Å². The molecule has 1 amide bonds. The van der Waals surface area contributed by atoms with E-state index >= 15 is 0 Å². The van der Waals surface area contributed by atoms with Crippen LogP contribution in [-0.4, -0.2) is 22.0 Å². The third kappa shape index (κ3) is 4.89. The molecule has 0 spiro atoms. The molecular formula is C19H24N2O3S. The number of carbonyl (C=O) groups excluding carboxylic acids is 1. The number of thiazole rings is 1. The highest BCUT2D eigenvalue weighted by atomic mass is 32.1. The molecule has 134 valence electrons. The van der Waals surface area contributed by atoms with Crippen molar-refractivity contribution < 1.29 is 14.7 Å². The third-order valence-corrected chi connectivity index (χ3v) is 5.27. The van der Waals surface area contributed by atoms with Gasteiger partial charge in [0.2, 0.25) is 5.91 Å². The Labute approximate surface area is 152 Å². The number of aliphatic carboxylic acids is 1. The minimum atomic E-state index is -1.08. The van der Waals surface area contributed by atoms with Gasteiger partial charge in [-0.1, -0.05) is 39.0 Å². The fraction of sp³-hybridized carbons (Fsp3) is 0.421. The summed E-state index contributed by atoms with van der Waals surface area (Å²) in [6, 6.07) is 4.34. The number of nitrogens with zero attached hydrogens (tertiary/aromatic N) is 1. The second-order valence-corrected chi connectivity index (χ2v) is 8.11. The first-order valence-corrected chi connectivity index (χ1v) is 9.00. The monoisotopic (exact) mass is 360 g/mol. The molecule has 0 fully saturated rings. The van der Waals surface area contributed by atoms with E-state index in [1.807, 2.05) is 25.3 Å². The molecule has 0 bridgehead atoms. The van der Waals surface area contributed by atoms with E-state index in [1.54, 1.807) is 12.1 Å². The zero-order valence-electron chi connectivity index (χ0n) is 15.2. The van der Waals surface area contributed by atoms with Gasteiger partial charge in [-0.25, -0.2) is 9.78 Å². The number of carboxylic acid groups (broad SMARTS) is 1. The molecule has 1 heterocycles. The number of amides is 1. The van der Waals surface area contributed by atoms with Crippen LogP contribution in [0.4, 0.5) is 0 Å². The van der Waals surface area contributed by atoms with Crippen molar-refractivity contribution in [3.05, 3.63) is 51.0 Å². The molecular weight excluding hydrogens is 336 g/mol. The SMILES string of the molecule is Cc1ccc(C(NC(=O)Cc2csc(C(C)(C)C)n2)C(=O)O)cc1C. The summed E-state index contributed by atoms with van der Waals surface area (Å²) in [7, 11) is 0. The molecule has 0 aliphatic carbocycles. The zero-order chi connectivity index (χ0) is 18.8. The first-order valence-electron chi connectivity index (χ1n) is 8.12. The number of carbonyl (C=O) groups is 2. The molecule has 0 aliphatic heterocycles. The Kier molecular flexibility index (Phi) is 5.62. The summed E-state index contributed by atoms with van der Waals surface area (Å²) in [6.07, 6.45) is 0.0706. The van der Waals surface area contributed by atoms with Crippen LogP contribution in [0, 0.1) is 13.8 Å². The molecule has 6 heteroatoms. The third-order valence-electron chi connectivity index (χ3n) is 3.95. The van der Waals surface area contributed by atoms with Crippen LogP contribution in [0.5, 0.6) is 0 Å². The van der Waals surface area contributed by atoms with E-state index < -0.39 is 12.0 Å². The summed E-state index contributed by atoms with van der Waals surface area (Å²) >= 11 is 1.52. The van der Waals surface area contributed by atoms with Gasteiger partial charge in [0.1, 0.15) is 0 Å². The van der Waals surface area contributed by atoms with Gasteiger partial charge < -0.3 is 10.4 Å². The molecule has 1 aromatic carbocycles. The normalized spacial score (nSPS) is 12.7. The Hall–Kier alpha value is -2.21. The summed E-state index contributed by atoms with van der Waals surface area (Å²) < 4.78 is 0. The van der Waals surface area contributed by atoms with Crippen molar-refractivity contribution in [2.24, 2.45) is 0 Å². The van der Waals surface area contributed by atoms with Crippen molar-refractivity contribution in [3.8, 4) is 0 Å². The van der Waals surface area contributed by atoms with Gasteiger partial charge in [0, 0.05) is 10.8 Å². The molecule has 1 aromatic heterocycles. The smallest absolute Gasteiger partial charge is 0.330 e. The molecule has 2 aromatic rings. The summed E-state index contributed by atoms with van der Waals surface area (Å²) in [5, 5.41) is 14.9. The second-order valence-electron chi connectivity index (χ2n) is 7.25. The topological polar surface area (TPSA) is 79.3 Å². The Balaban J connectivity index is 2.11. The van der Waals surface area contributed by atoms with E-state index in [0.717, 1.165) is 16.1 Å². The van der Waals surface area contributed by atoms with E-state index in [2.05, 4.69) is 31.1 Å². The van der Waals surface area contributed by atoms with Crippen LogP contribution in [-0.2, 0) is 21.4 Å². The molecule has 1 unspecified atom stereocenters. The average molecular weight is 360 g/mol. The minimum absolute atomic E-state index is 0.0670. The lowest BCUT2D eigenvalue weighted by atomic mass is 9.98. The van der Waals surface area contributed by atoms with Crippen LogP contribution in [0.2, 0.25) is 0 Å². The van der Waals surface area contributed by atoms with E-state index in [0.29, 0.717) is 11.3 Å². The van der Waals surface area contributed by atoms with Crippen molar-refractivity contribution in [2.75, 3.05) is 0 Å². The predicted octanol–water partition coefficient (Wildman–Crippen LogP) is 3.54. The van der Waals surface area contributed by atoms with Crippen molar-refractivity contribution in [1.82, 2.24) is 10.3 Å². The van der Waals surface area contributed by atoms with Gasteiger partial charge in [-0.05, 0) is 30.5 Å². The highest BCUT2D eigenvalue weighted by molar-refractivity contribution is 7.09. The molecule has 5 nitrogen and oxygen atoms in total. The lowest BCUT2D eigenvalue weighted by Gasteiger charge is -2.16. The number of hydrogen-bond donors (Lipinski definition) is 2. The van der Waals surface area contributed by atoms with Gasteiger partial charge in [-0.3, -0.25) is 4.79 Å². The van der Waals surface area contributed by atoms with E-state index in [9.17, 15) is 14.7 Å². The van der Waals surface area contributed by atoms with Crippen LogP contribution in [0.25, 0.3) is 0 Å². The van der Waals surface area contributed by atoms with E-state index in [4.69, 9.17) is 0 Å². The van der Waals surface area contributed by atoms with Gasteiger partial charge in [0.25, 0.3) is 0 Å². The summed E-state index contributed by atoms with van der Waals surface area (Å²) in [4.78, 5) is 28.4. The van der Waals surface area contributed by atoms with Crippen LogP contribution in [0.3, 0.4) is 0 Å². The van der Waals surface area contributed by atoms with Gasteiger partial charge in [0.15, 0.2) is 6.04 Å². The molecule has 2 rings (SSSR count). The second kappa shape index (κ2) is 7.35. The largest absolute Gasteiger partial charge is 0.479 e. The Morgan fingerprint density at radius 1 is 1.24 bits per heavy atom. The maximum atomic E-state index is 12.3. The quantitative estimate of drug-likeness (QED) is 0.855. The molecule has 0 saturated carbocycles. The van der Waals surface area contributed by atoms with Crippen LogP contribution in [0.15, 0.2) is 23.6 Å². The summed E-state index contributed by atoms with van der Waals surface area (Å²) in [5.74, 6) is -1.43. The maximum Gasteiger partial charge on any atom is 0.330 e. The van der Waals surface area contributed by atoms with Gasteiger partial charge in [-0.15, -0.1) is 11.3 Å². The first-order chi connectivity index (χ1) is 11.6. The highest BCUT2D eigenvalue weighted by Crippen LogP contribution is 2.26.